The first-order valence-corrected chi connectivity index (χ1v) is 8.30. The molecule has 114 valence electrons. The molecular weight excluding hydrogens is 286 g/mol. The van der Waals surface area contributed by atoms with Crippen LogP contribution in [0.4, 0.5) is 5.69 Å². The number of carbonyl (C=O) groups is 2. The van der Waals surface area contributed by atoms with E-state index in [1.807, 2.05) is 17.8 Å². The average molecular weight is 307 g/mol. The predicted octanol–water partition coefficient (Wildman–Crippen LogP) is 2.97. The lowest BCUT2D eigenvalue weighted by molar-refractivity contribution is -0.119. The molecule has 0 bridgehead atoms. The van der Waals surface area contributed by atoms with Crippen molar-refractivity contribution in [2.45, 2.75) is 19.3 Å². The third-order valence-electron chi connectivity index (χ3n) is 3.85. The number of thioether (sulfide) groups is 1. The highest BCUT2D eigenvalue weighted by atomic mass is 32.2. The van der Waals surface area contributed by atoms with Crippen molar-refractivity contribution in [1.82, 2.24) is 0 Å². The number of benzene rings is 1. The van der Waals surface area contributed by atoms with Gasteiger partial charge in [-0.05, 0) is 42.4 Å². The standard InChI is InChI=1S/C16H21NO3S/c1-17(15(18)11-12-7-9-21-10-8-12)14-6-4-3-5-13(14)16(19)20-2/h3-6,12H,7-11H2,1-2H3. The van der Waals surface area contributed by atoms with Gasteiger partial charge < -0.3 is 9.64 Å². The lowest BCUT2D eigenvalue weighted by Crippen LogP contribution is -2.30. The van der Waals surface area contributed by atoms with Crippen LogP contribution in [0.15, 0.2) is 24.3 Å². The number of hydrogen-bond donors (Lipinski definition) is 0. The Bertz CT molecular complexity index is 512. The van der Waals surface area contributed by atoms with Gasteiger partial charge in [-0.15, -0.1) is 0 Å². The van der Waals surface area contributed by atoms with Crippen LogP contribution >= 0.6 is 11.8 Å². The van der Waals surface area contributed by atoms with Crippen molar-refractivity contribution in [2.75, 3.05) is 30.6 Å². The summed E-state index contributed by atoms with van der Waals surface area (Å²) in [6.07, 6.45) is 2.75. The maximum Gasteiger partial charge on any atom is 0.339 e. The number of methoxy groups -OCH3 is 1. The molecule has 0 saturated carbocycles. The normalized spacial score (nSPS) is 15.5. The van der Waals surface area contributed by atoms with Crippen LogP contribution in [0.2, 0.25) is 0 Å². The molecule has 1 fully saturated rings. The van der Waals surface area contributed by atoms with Gasteiger partial charge in [-0.1, -0.05) is 12.1 Å². The second-order valence-electron chi connectivity index (χ2n) is 5.22. The van der Waals surface area contributed by atoms with Gasteiger partial charge in [0.05, 0.1) is 18.4 Å². The van der Waals surface area contributed by atoms with Crippen LogP contribution in [0, 0.1) is 5.92 Å². The molecule has 1 aliphatic rings. The van der Waals surface area contributed by atoms with E-state index in [4.69, 9.17) is 4.74 Å². The van der Waals surface area contributed by atoms with Crippen LogP contribution in [0.3, 0.4) is 0 Å². The lowest BCUT2D eigenvalue weighted by atomic mass is 9.98. The number of nitrogens with zero attached hydrogens (tertiary/aromatic N) is 1. The summed E-state index contributed by atoms with van der Waals surface area (Å²) in [4.78, 5) is 25.8. The first kappa shape index (κ1) is 15.9. The van der Waals surface area contributed by atoms with Crippen molar-refractivity contribution in [3.63, 3.8) is 0 Å². The zero-order chi connectivity index (χ0) is 15.2. The highest BCUT2D eigenvalue weighted by Gasteiger charge is 2.22. The molecule has 0 atom stereocenters. The van der Waals surface area contributed by atoms with Crippen molar-refractivity contribution >= 4 is 29.3 Å². The van der Waals surface area contributed by atoms with E-state index in [1.165, 1.54) is 7.11 Å². The zero-order valence-corrected chi connectivity index (χ0v) is 13.3. The van der Waals surface area contributed by atoms with Gasteiger partial charge >= 0.3 is 5.97 Å². The van der Waals surface area contributed by atoms with Crippen LogP contribution in [0.25, 0.3) is 0 Å². The van der Waals surface area contributed by atoms with E-state index >= 15 is 0 Å². The Labute approximate surface area is 129 Å². The summed E-state index contributed by atoms with van der Waals surface area (Å²) in [6.45, 7) is 0. The van der Waals surface area contributed by atoms with Crippen LogP contribution in [0.1, 0.15) is 29.6 Å². The van der Waals surface area contributed by atoms with Gasteiger partial charge in [-0.3, -0.25) is 4.79 Å². The fourth-order valence-electron chi connectivity index (χ4n) is 2.52. The molecule has 0 aliphatic carbocycles. The molecule has 1 aromatic rings. The molecule has 1 amide bonds. The zero-order valence-electron chi connectivity index (χ0n) is 12.5. The van der Waals surface area contributed by atoms with Crippen molar-refractivity contribution in [3.8, 4) is 0 Å². The monoisotopic (exact) mass is 307 g/mol. The molecule has 1 saturated heterocycles. The average Bonchev–Trinajstić information content (AvgIpc) is 2.54. The van der Waals surface area contributed by atoms with Gasteiger partial charge in [0.25, 0.3) is 0 Å². The van der Waals surface area contributed by atoms with Crippen LogP contribution in [-0.2, 0) is 9.53 Å². The van der Waals surface area contributed by atoms with Gasteiger partial charge in [0.15, 0.2) is 0 Å². The van der Waals surface area contributed by atoms with Gasteiger partial charge in [-0.2, -0.15) is 11.8 Å². The smallest absolute Gasteiger partial charge is 0.339 e. The van der Waals surface area contributed by atoms with E-state index in [2.05, 4.69) is 0 Å². The largest absolute Gasteiger partial charge is 0.465 e. The summed E-state index contributed by atoms with van der Waals surface area (Å²) >= 11 is 1.95. The van der Waals surface area contributed by atoms with Crippen LogP contribution in [-0.4, -0.2) is 37.5 Å². The van der Waals surface area contributed by atoms with E-state index in [0.717, 1.165) is 24.3 Å². The molecule has 0 radical (unpaired) electrons. The Balaban J connectivity index is 2.09. The maximum absolute atomic E-state index is 12.4. The molecule has 21 heavy (non-hydrogen) atoms. The number of ether oxygens (including phenoxy) is 1. The van der Waals surface area contributed by atoms with E-state index in [9.17, 15) is 9.59 Å². The molecule has 1 heterocycles. The first-order valence-electron chi connectivity index (χ1n) is 7.15. The number of anilines is 1. The molecule has 1 aromatic carbocycles. The molecule has 5 heteroatoms. The molecule has 0 spiro atoms. The Morgan fingerprint density at radius 3 is 2.62 bits per heavy atom. The maximum atomic E-state index is 12.4. The fourth-order valence-corrected chi connectivity index (χ4v) is 3.72. The molecule has 1 aliphatic heterocycles. The molecule has 0 aromatic heterocycles. The Kier molecular flexibility index (Phi) is 5.67. The summed E-state index contributed by atoms with van der Waals surface area (Å²) in [6, 6.07) is 7.05. The van der Waals surface area contributed by atoms with Gasteiger partial charge in [0.1, 0.15) is 0 Å². The Morgan fingerprint density at radius 1 is 1.29 bits per heavy atom. The SMILES string of the molecule is COC(=O)c1ccccc1N(C)C(=O)CC1CCSCC1. The van der Waals surface area contributed by atoms with Gasteiger partial charge in [-0.25, -0.2) is 4.79 Å². The summed E-state index contributed by atoms with van der Waals surface area (Å²) in [7, 11) is 3.07. The second kappa shape index (κ2) is 7.50. The van der Waals surface area contributed by atoms with E-state index in [-0.39, 0.29) is 5.91 Å². The summed E-state index contributed by atoms with van der Waals surface area (Å²) in [5.74, 6) is 2.38. The topological polar surface area (TPSA) is 46.6 Å². The second-order valence-corrected chi connectivity index (χ2v) is 6.45. The first-order chi connectivity index (χ1) is 10.1. The summed E-state index contributed by atoms with van der Waals surface area (Å²) in [5.41, 5.74) is 1.04. The predicted molar refractivity (Wildman–Crippen MR) is 85.9 cm³/mol. The molecular formula is C16H21NO3S. The van der Waals surface area contributed by atoms with E-state index in [0.29, 0.717) is 23.6 Å². The third kappa shape index (κ3) is 4.00. The van der Waals surface area contributed by atoms with Crippen molar-refractivity contribution < 1.29 is 14.3 Å². The van der Waals surface area contributed by atoms with E-state index < -0.39 is 5.97 Å². The van der Waals surface area contributed by atoms with Crippen LogP contribution < -0.4 is 4.90 Å². The van der Waals surface area contributed by atoms with Crippen molar-refractivity contribution in [2.24, 2.45) is 5.92 Å². The summed E-state index contributed by atoms with van der Waals surface area (Å²) in [5, 5.41) is 0. The Hall–Kier alpha value is -1.49. The highest BCUT2D eigenvalue weighted by molar-refractivity contribution is 7.99. The number of carbonyl (C=O) groups excluding carboxylic acids is 2. The number of esters is 1. The lowest BCUT2D eigenvalue weighted by Gasteiger charge is -2.25. The van der Waals surface area contributed by atoms with Gasteiger partial charge in [0, 0.05) is 13.5 Å². The van der Waals surface area contributed by atoms with Crippen molar-refractivity contribution in [1.29, 1.82) is 0 Å². The molecule has 0 N–H and O–H groups in total. The minimum Gasteiger partial charge on any atom is -0.465 e. The minimum absolute atomic E-state index is 0.0586. The third-order valence-corrected chi connectivity index (χ3v) is 4.90. The summed E-state index contributed by atoms with van der Waals surface area (Å²) < 4.78 is 4.78. The molecule has 0 unspecified atom stereocenters. The van der Waals surface area contributed by atoms with Gasteiger partial charge in [0.2, 0.25) is 5.91 Å². The number of rotatable bonds is 4. The number of hydrogen-bond acceptors (Lipinski definition) is 4. The van der Waals surface area contributed by atoms with Crippen molar-refractivity contribution in [3.05, 3.63) is 29.8 Å². The Morgan fingerprint density at radius 2 is 1.95 bits per heavy atom. The number of para-hydroxylation sites is 1. The molecule has 2 rings (SSSR count). The quantitative estimate of drug-likeness (QED) is 0.802. The van der Waals surface area contributed by atoms with E-state index in [1.54, 1.807) is 30.1 Å². The molecule has 4 nitrogen and oxygen atoms in total. The fraction of sp³-hybridized carbons (Fsp3) is 0.500. The number of amides is 1. The minimum atomic E-state index is -0.417. The highest BCUT2D eigenvalue weighted by Crippen LogP contribution is 2.27. The van der Waals surface area contributed by atoms with Crippen LogP contribution in [0.5, 0.6) is 0 Å².